The van der Waals surface area contributed by atoms with Crippen LogP contribution in [0.2, 0.25) is 0 Å². The molecule has 1 fully saturated rings. The van der Waals surface area contributed by atoms with E-state index in [2.05, 4.69) is 4.72 Å². The molecule has 1 saturated heterocycles. The van der Waals surface area contributed by atoms with Crippen LogP contribution >= 0.6 is 0 Å². The third kappa shape index (κ3) is 5.27. The van der Waals surface area contributed by atoms with Crippen molar-refractivity contribution < 1.29 is 26.5 Å². The molecule has 0 aliphatic carbocycles. The molecular formula is C20H26N4O7S2. The largest absolute Gasteiger partial charge is 0.378 e. The first-order valence-corrected chi connectivity index (χ1v) is 13.3. The highest BCUT2D eigenvalue weighted by Gasteiger charge is 2.29. The Labute approximate surface area is 193 Å². The van der Waals surface area contributed by atoms with Crippen molar-refractivity contribution in [2.24, 2.45) is 0 Å². The van der Waals surface area contributed by atoms with Crippen molar-refractivity contribution in [2.75, 3.05) is 49.0 Å². The Hall–Kier alpha value is -2.74. The molecule has 2 aromatic carbocycles. The fourth-order valence-electron chi connectivity index (χ4n) is 3.58. The number of para-hydroxylation sites is 1. The fraction of sp³-hybridized carbons (Fsp3) is 0.400. The van der Waals surface area contributed by atoms with E-state index in [1.54, 1.807) is 19.9 Å². The van der Waals surface area contributed by atoms with Gasteiger partial charge in [-0.2, -0.15) is 4.31 Å². The molecule has 11 nitrogen and oxygen atoms in total. The molecule has 0 aromatic heterocycles. The van der Waals surface area contributed by atoms with Gasteiger partial charge in [0, 0.05) is 32.2 Å². The van der Waals surface area contributed by atoms with E-state index < -0.39 is 35.6 Å². The number of nitrogens with zero attached hydrogens (tertiary/aromatic N) is 3. The SMILES string of the molecule is CCN(CC)S(=O)(=O)c1ccc(N2CCOCC2)c(NS(=O)(=O)c2ccccc2[N+](=O)[O-])c1. The monoisotopic (exact) mass is 498 g/mol. The van der Waals surface area contributed by atoms with Crippen LogP contribution in [0, 0.1) is 10.1 Å². The van der Waals surface area contributed by atoms with Crippen molar-refractivity contribution in [1.82, 2.24) is 4.31 Å². The Morgan fingerprint density at radius 3 is 2.30 bits per heavy atom. The molecule has 0 saturated carbocycles. The summed E-state index contributed by atoms with van der Waals surface area (Å²) in [5.41, 5.74) is -0.105. The quantitative estimate of drug-likeness (QED) is 0.410. The van der Waals surface area contributed by atoms with Gasteiger partial charge >= 0.3 is 0 Å². The maximum atomic E-state index is 13.2. The van der Waals surface area contributed by atoms with Crippen LogP contribution in [0.25, 0.3) is 0 Å². The maximum Gasteiger partial charge on any atom is 0.289 e. The molecule has 1 aliphatic heterocycles. The Balaban J connectivity index is 2.12. The van der Waals surface area contributed by atoms with E-state index in [0.29, 0.717) is 32.0 Å². The average molecular weight is 499 g/mol. The molecule has 0 radical (unpaired) electrons. The molecule has 0 atom stereocenters. The second-order valence-corrected chi connectivity index (χ2v) is 10.8. The average Bonchev–Trinajstić information content (AvgIpc) is 2.80. The van der Waals surface area contributed by atoms with Crippen molar-refractivity contribution in [3.05, 3.63) is 52.6 Å². The van der Waals surface area contributed by atoms with Gasteiger partial charge in [0.2, 0.25) is 10.0 Å². The molecule has 13 heteroatoms. The number of morpholine rings is 1. The van der Waals surface area contributed by atoms with E-state index in [0.717, 1.165) is 12.1 Å². The van der Waals surface area contributed by atoms with Crippen LogP contribution in [0.5, 0.6) is 0 Å². The summed E-state index contributed by atoms with van der Waals surface area (Å²) in [7, 11) is -8.27. The van der Waals surface area contributed by atoms with E-state index >= 15 is 0 Å². The normalized spacial score (nSPS) is 14.9. The maximum absolute atomic E-state index is 13.2. The first-order chi connectivity index (χ1) is 15.6. The third-order valence-electron chi connectivity index (χ3n) is 5.26. The minimum atomic E-state index is -4.40. The first-order valence-electron chi connectivity index (χ1n) is 10.3. The Kier molecular flexibility index (Phi) is 7.57. The zero-order valence-electron chi connectivity index (χ0n) is 18.3. The molecule has 0 bridgehead atoms. The third-order valence-corrected chi connectivity index (χ3v) is 8.72. The van der Waals surface area contributed by atoms with Gasteiger partial charge in [0.25, 0.3) is 15.7 Å². The summed E-state index contributed by atoms with van der Waals surface area (Å²) in [6.07, 6.45) is 0. The molecule has 1 aliphatic rings. The molecule has 0 unspecified atom stereocenters. The van der Waals surface area contributed by atoms with E-state index in [1.165, 1.54) is 28.6 Å². The first kappa shape index (κ1) is 24.9. The predicted octanol–water partition coefficient (Wildman–Crippen LogP) is 2.26. The van der Waals surface area contributed by atoms with E-state index in [1.807, 2.05) is 4.90 Å². The summed E-state index contributed by atoms with van der Waals surface area (Å²) in [5, 5.41) is 11.4. The number of ether oxygens (including phenoxy) is 1. The zero-order chi connectivity index (χ0) is 24.2. The van der Waals surface area contributed by atoms with Gasteiger partial charge in [0.05, 0.1) is 34.4 Å². The number of hydrogen-bond donors (Lipinski definition) is 1. The van der Waals surface area contributed by atoms with Crippen LogP contribution in [0.15, 0.2) is 52.3 Å². The number of nitro benzene ring substituents is 1. The number of sulfonamides is 2. The van der Waals surface area contributed by atoms with Crippen molar-refractivity contribution in [3.63, 3.8) is 0 Å². The number of nitro groups is 1. The van der Waals surface area contributed by atoms with E-state index in [-0.39, 0.29) is 23.7 Å². The molecule has 33 heavy (non-hydrogen) atoms. The number of anilines is 2. The minimum Gasteiger partial charge on any atom is -0.378 e. The number of rotatable bonds is 9. The summed E-state index contributed by atoms with van der Waals surface area (Å²) < 4.78 is 61.4. The van der Waals surface area contributed by atoms with Gasteiger partial charge in [-0.15, -0.1) is 0 Å². The van der Waals surface area contributed by atoms with Gasteiger partial charge in [0.1, 0.15) is 0 Å². The van der Waals surface area contributed by atoms with Gasteiger partial charge in [-0.1, -0.05) is 26.0 Å². The van der Waals surface area contributed by atoms with Gasteiger partial charge in [-0.3, -0.25) is 14.8 Å². The number of hydrogen-bond acceptors (Lipinski definition) is 8. The molecule has 0 amide bonds. The molecular weight excluding hydrogens is 472 g/mol. The highest BCUT2D eigenvalue weighted by atomic mass is 32.2. The highest BCUT2D eigenvalue weighted by Crippen LogP contribution is 2.34. The summed E-state index contributed by atoms with van der Waals surface area (Å²) in [4.78, 5) is 11.9. The highest BCUT2D eigenvalue weighted by molar-refractivity contribution is 7.93. The van der Waals surface area contributed by atoms with Crippen LogP contribution in [-0.4, -0.2) is 65.5 Å². The molecule has 1 N–H and O–H groups in total. The van der Waals surface area contributed by atoms with Gasteiger partial charge in [0.15, 0.2) is 4.90 Å². The van der Waals surface area contributed by atoms with Crippen molar-refractivity contribution in [3.8, 4) is 0 Å². The fourth-order valence-corrected chi connectivity index (χ4v) is 6.31. The summed E-state index contributed by atoms with van der Waals surface area (Å²) in [6, 6.07) is 9.20. The van der Waals surface area contributed by atoms with Crippen molar-refractivity contribution in [1.29, 1.82) is 0 Å². The second-order valence-electron chi connectivity index (χ2n) is 7.20. The Morgan fingerprint density at radius 2 is 1.70 bits per heavy atom. The summed E-state index contributed by atoms with van der Waals surface area (Å²) in [5.74, 6) is 0. The van der Waals surface area contributed by atoms with Crippen LogP contribution in [-0.2, 0) is 24.8 Å². The molecule has 0 spiro atoms. The van der Waals surface area contributed by atoms with Crippen LogP contribution in [0.1, 0.15) is 13.8 Å². The lowest BCUT2D eigenvalue weighted by molar-refractivity contribution is -0.387. The second kappa shape index (κ2) is 10.0. The lowest BCUT2D eigenvalue weighted by atomic mass is 10.2. The minimum absolute atomic E-state index is 0.0169. The van der Waals surface area contributed by atoms with Crippen LogP contribution in [0.3, 0.4) is 0 Å². The summed E-state index contributed by atoms with van der Waals surface area (Å²) in [6.45, 7) is 5.72. The topological polar surface area (TPSA) is 139 Å². The van der Waals surface area contributed by atoms with Gasteiger partial charge < -0.3 is 9.64 Å². The van der Waals surface area contributed by atoms with Crippen LogP contribution < -0.4 is 9.62 Å². The molecule has 180 valence electrons. The zero-order valence-corrected chi connectivity index (χ0v) is 19.9. The lowest BCUT2D eigenvalue weighted by Crippen LogP contribution is -2.37. The van der Waals surface area contributed by atoms with E-state index in [9.17, 15) is 26.9 Å². The predicted molar refractivity (Wildman–Crippen MR) is 123 cm³/mol. The van der Waals surface area contributed by atoms with Crippen LogP contribution in [0.4, 0.5) is 17.1 Å². The van der Waals surface area contributed by atoms with Crippen molar-refractivity contribution >= 4 is 37.1 Å². The molecule has 1 heterocycles. The standard InChI is InChI=1S/C20H26N4O7S2/c1-3-23(4-2)33(29,30)16-9-10-18(22-11-13-31-14-12-22)17(15-16)21-32(27,28)20-8-6-5-7-19(20)24(25)26/h5-10,15,21H,3-4,11-14H2,1-2H3. The molecule has 3 rings (SSSR count). The van der Waals surface area contributed by atoms with Crippen molar-refractivity contribution in [2.45, 2.75) is 23.6 Å². The number of benzene rings is 2. The summed E-state index contributed by atoms with van der Waals surface area (Å²) >= 11 is 0. The molecule has 2 aromatic rings. The number of nitrogens with one attached hydrogen (secondary N) is 1. The van der Waals surface area contributed by atoms with Gasteiger partial charge in [-0.05, 0) is 24.3 Å². The smallest absolute Gasteiger partial charge is 0.289 e. The Bertz CT molecular complexity index is 1220. The van der Waals surface area contributed by atoms with E-state index in [4.69, 9.17) is 4.74 Å². The lowest BCUT2D eigenvalue weighted by Gasteiger charge is -2.31. The van der Waals surface area contributed by atoms with Gasteiger partial charge in [-0.25, -0.2) is 16.8 Å². The Morgan fingerprint density at radius 1 is 1.06 bits per heavy atom.